The summed E-state index contributed by atoms with van der Waals surface area (Å²) >= 11 is 2.28. The maximum Gasteiger partial charge on any atom is 0.145 e. The van der Waals surface area contributed by atoms with Gasteiger partial charge >= 0.3 is 0 Å². The Morgan fingerprint density at radius 2 is 1.61 bits per heavy atom. The molecule has 0 saturated heterocycles. The Kier molecular flexibility index (Phi) is 5.33. The van der Waals surface area contributed by atoms with E-state index in [1.807, 2.05) is 49.4 Å². The minimum absolute atomic E-state index is 0.609. The number of hydrogen-bond donors (Lipinski definition) is 0. The fraction of sp³-hybridized carbons (Fsp3) is 0.211. The molecule has 3 aromatic rings. The van der Waals surface area contributed by atoms with Crippen LogP contribution in [0.4, 0.5) is 0 Å². The fourth-order valence-corrected chi connectivity index (χ4v) is 2.86. The highest BCUT2D eigenvalue weighted by Crippen LogP contribution is 2.24. The molecule has 3 nitrogen and oxygen atoms in total. The standard InChI is InChI=1S/C19H18INO2/c1-14-10-11-15-6-4-9-18(19(15)21-14)23-13-5-12-22-17-8-3-2-7-16(17)20/h2-4,6-11H,5,12-13H2,1H3. The zero-order valence-corrected chi connectivity index (χ0v) is 15.1. The van der Waals surface area contributed by atoms with Crippen LogP contribution in [0.3, 0.4) is 0 Å². The Morgan fingerprint density at radius 3 is 2.43 bits per heavy atom. The van der Waals surface area contributed by atoms with Crippen LogP contribution in [-0.2, 0) is 0 Å². The summed E-state index contributed by atoms with van der Waals surface area (Å²) in [5, 5.41) is 1.10. The summed E-state index contributed by atoms with van der Waals surface area (Å²) in [5.41, 5.74) is 1.92. The molecule has 118 valence electrons. The number of nitrogens with zero attached hydrogens (tertiary/aromatic N) is 1. The van der Waals surface area contributed by atoms with Crippen LogP contribution >= 0.6 is 22.6 Å². The molecule has 0 saturated carbocycles. The number of pyridine rings is 1. The van der Waals surface area contributed by atoms with Crippen LogP contribution in [0.25, 0.3) is 10.9 Å². The second-order valence-electron chi connectivity index (χ2n) is 5.26. The number of benzene rings is 2. The highest BCUT2D eigenvalue weighted by Gasteiger charge is 2.04. The Labute approximate surface area is 149 Å². The lowest BCUT2D eigenvalue weighted by molar-refractivity contribution is 0.248. The van der Waals surface area contributed by atoms with Gasteiger partial charge in [-0.05, 0) is 53.8 Å². The van der Waals surface area contributed by atoms with Gasteiger partial charge in [0, 0.05) is 17.5 Å². The van der Waals surface area contributed by atoms with Crippen LogP contribution in [0.1, 0.15) is 12.1 Å². The van der Waals surface area contributed by atoms with Gasteiger partial charge in [-0.3, -0.25) is 0 Å². The number of para-hydroxylation sites is 2. The van der Waals surface area contributed by atoms with Crippen LogP contribution in [-0.4, -0.2) is 18.2 Å². The number of ether oxygens (including phenoxy) is 2. The predicted octanol–water partition coefficient (Wildman–Crippen LogP) is 5.00. The van der Waals surface area contributed by atoms with E-state index in [9.17, 15) is 0 Å². The van der Waals surface area contributed by atoms with Crippen molar-refractivity contribution in [3.05, 3.63) is 63.9 Å². The van der Waals surface area contributed by atoms with Crippen molar-refractivity contribution in [2.45, 2.75) is 13.3 Å². The van der Waals surface area contributed by atoms with E-state index in [4.69, 9.17) is 9.47 Å². The van der Waals surface area contributed by atoms with Crippen molar-refractivity contribution in [2.75, 3.05) is 13.2 Å². The molecule has 23 heavy (non-hydrogen) atoms. The summed E-state index contributed by atoms with van der Waals surface area (Å²) < 4.78 is 12.8. The second kappa shape index (κ2) is 7.64. The first-order valence-electron chi connectivity index (χ1n) is 7.60. The summed E-state index contributed by atoms with van der Waals surface area (Å²) in [6, 6.07) is 18.1. The molecule has 0 spiro atoms. The third-order valence-corrected chi connectivity index (χ3v) is 4.35. The van der Waals surface area contributed by atoms with Gasteiger partial charge in [0.05, 0.1) is 16.8 Å². The SMILES string of the molecule is Cc1ccc2cccc(OCCCOc3ccccc3I)c2n1. The van der Waals surface area contributed by atoms with Crippen LogP contribution in [0.5, 0.6) is 11.5 Å². The Bertz CT molecular complexity index is 804. The summed E-state index contributed by atoms with van der Waals surface area (Å²) in [5.74, 6) is 1.76. The van der Waals surface area contributed by atoms with Gasteiger partial charge in [-0.1, -0.05) is 30.3 Å². The van der Waals surface area contributed by atoms with Gasteiger partial charge in [0.2, 0.25) is 0 Å². The average Bonchev–Trinajstić information content (AvgIpc) is 2.56. The van der Waals surface area contributed by atoms with E-state index in [-0.39, 0.29) is 0 Å². The molecule has 0 atom stereocenters. The molecule has 0 N–H and O–H groups in total. The molecule has 1 heterocycles. The van der Waals surface area contributed by atoms with Crippen molar-refractivity contribution >= 4 is 33.5 Å². The quantitative estimate of drug-likeness (QED) is 0.417. The molecule has 0 aliphatic carbocycles. The molecule has 1 aromatic heterocycles. The molecule has 0 fully saturated rings. The van der Waals surface area contributed by atoms with E-state index >= 15 is 0 Å². The Hall–Kier alpha value is -1.82. The molecule has 0 bridgehead atoms. The lowest BCUT2D eigenvalue weighted by atomic mass is 10.2. The lowest BCUT2D eigenvalue weighted by Gasteiger charge is -2.10. The van der Waals surface area contributed by atoms with Gasteiger partial charge in [-0.15, -0.1) is 0 Å². The Morgan fingerprint density at radius 1 is 0.870 bits per heavy atom. The molecule has 0 unspecified atom stereocenters. The van der Waals surface area contributed by atoms with E-state index in [2.05, 4.69) is 39.7 Å². The smallest absolute Gasteiger partial charge is 0.145 e. The van der Waals surface area contributed by atoms with Crippen molar-refractivity contribution in [1.29, 1.82) is 0 Å². The number of aryl methyl sites for hydroxylation is 1. The zero-order valence-electron chi connectivity index (χ0n) is 13.0. The van der Waals surface area contributed by atoms with E-state index in [1.165, 1.54) is 0 Å². The molecule has 0 aliphatic rings. The minimum atomic E-state index is 0.609. The first-order valence-corrected chi connectivity index (χ1v) is 8.68. The summed E-state index contributed by atoms with van der Waals surface area (Å²) in [6.45, 7) is 3.24. The van der Waals surface area contributed by atoms with Crippen LogP contribution in [0.2, 0.25) is 0 Å². The third-order valence-electron chi connectivity index (χ3n) is 3.46. The molecule has 4 heteroatoms. The first kappa shape index (κ1) is 16.1. The highest BCUT2D eigenvalue weighted by atomic mass is 127. The van der Waals surface area contributed by atoms with Crippen LogP contribution in [0, 0.1) is 10.5 Å². The molecule has 2 aromatic carbocycles. The summed E-state index contributed by atoms with van der Waals surface area (Å²) in [6.07, 6.45) is 0.827. The van der Waals surface area contributed by atoms with Crippen molar-refractivity contribution in [2.24, 2.45) is 0 Å². The van der Waals surface area contributed by atoms with E-state index in [0.29, 0.717) is 13.2 Å². The lowest BCUT2D eigenvalue weighted by Crippen LogP contribution is -2.06. The van der Waals surface area contributed by atoms with Gasteiger partial charge < -0.3 is 9.47 Å². The fourth-order valence-electron chi connectivity index (χ4n) is 2.32. The van der Waals surface area contributed by atoms with Gasteiger partial charge in [0.1, 0.15) is 17.0 Å². The number of halogens is 1. The maximum atomic E-state index is 5.90. The van der Waals surface area contributed by atoms with Crippen molar-refractivity contribution in [1.82, 2.24) is 4.98 Å². The van der Waals surface area contributed by atoms with Crippen molar-refractivity contribution < 1.29 is 9.47 Å². The van der Waals surface area contributed by atoms with E-state index in [1.54, 1.807) is 0 Å². The predicted molar refractivity (Wildman–Crippen MR) is 101 cm³/mol. The number of hydrogen-bond acceptors (Lipinski definition) is 3. The van der Waals surface area contributed by atoms with E-state index in [0.717, 1.165) is 38.1 Å². The van der Waals surface area contributed by atoms with Crippen LogP contribution in [0.15, 0.2) is 54.6 Å². The van der Waals surface area contributed by atoms with Crippen molar-refractivity contribution in [3.8, 4) is 11.5 Å². The van der Waals surface area contributed by atoms with Crippen LogP contribution < -0.4 is 9.47 Å². The summed E-state index contributed by atoms with van der Waals surface area (Å²) in [7, 11) is 0. The monoisotopic (exact) mass is 419 g/mol. The maximum absolute atomic E-state index is 5.90. The normalized spacial score (nSPS) is 10.7. The van der Waals surface area contributed by atoms with Gasteiger partial charge in [-0.25, -0.2) is 4.98 Å². The number of fused-ring (bicyclic) bond motifs is 1. The van der Waals surface area contributed by atoms with Crippen molar-refractivity contribution in [3.63, 3.8) is 0 Å². The van der Waals surface area contributed by atoms with Gasteiger partial charge in [0.25, 0.3) is 0 Å². The average molecular weight is 419 g/mol. The minimum Gasteiger partial charge on any atom is -0.492 e. The van der Waals surface area contributed by atoms with E-state index < -0.39 is 0 Å². The molecule has 0 radical (unpaired) electrons. The highest BCUT2D eigenvalue weighted by molar-refractivity contribution is 14.1. The number of rotatable bonds is 6. The number of aromatic nitrogens is 1. The molecular formula is C19H18INO2. The van der Waals surface area contributed by atoms with Gasteiger partial charge in [-0.2, -0.15) is 0 Å². The molecular weight excluding hydrogens is 401 g/mol. The first-order chi connectivity index (χ1) is 11.2. The largest absolute Gasteiger partial charge is 0.492 e. The third kappa shape index (κ3) is 4.13. The Balaban J connectivity index is 1.55. The topological polar surface area (TPSA) is 31.4 Å². The molecule has 0 amide bonds. The zero-order chi connectivity index (χ0) is 16.1. The summed E-state index contributed by atoms with van der Waals surface area (Å²) in [4.78, 5) is 4.58. The van der Waals surface area contributed by atoms with Gasteiger partial charge in [0.15, 0.2) is 0 Å². The molecule has 3 rings (SSSR count). The second-order valence-corrected chi connectivity index (χ2v) is 6.42. The molecule has 0 aliphatic heterocycles.